The smallest absolute Gasteiger partial charge is 0.220 e. The molecule has 1 fully saturated rings. The second-order valence-corrected chi connectivity index (χ2v) is 18.1. The first kappa shape index (κ1) is 56.2. The quantitative estimate of drug-likeness (QED) is 0.0296. The Balaban J connectivity index is 2.26. The Morgan fingerprint density at radius 2 is 0.881 bits per heavy atom. The van der Waals surface area contributed by atoms with Gasteiger partial charge in [0.05, 0.1) is 25.4 Å². The SMILES string of the molecule is CCCCCCCCCCCCCCCCCCCCCCCCCC(=O)N[C@@H](CO[C@H]1O[C@H](CO)[C@H](O)[C@H](O)[C@H]1O)C(O)C(O)CCCCCCCCCCCCC. The number of nitrogens with one attached hydrogen (secondary N) is 1. The highest BCUT2D eigenvalue weighted by atomic mass is 16.7. The van der Waals surface area contributed by atoms with Gasteiger partial charge in [0.1, 0.15) is 30.5 Å². The number of aliphatic hydroxyl groups excluding tert-OH is 6. The van der Waals surface area contributed by atoms with Crippen LogP contribution in [0.15, 0.2) is 0 Å². The van der Waals surface area contributed by atoms with Crippen molar-refractivity contribution < 1.29 is 44.9 Å². The number of unbranched alkanes of at least 4 members (excludes halogenated alkanes) is 32. The summed E-state index contributed by atoms with van der Waals surface area (Å²) >= 11 is 0. The van der Waals surface area contributed by atoms with Crippen LogP contribution in [0.2, 0.25) is 0 Å². The normalized spacial score (nSPS) is 21.1. The van der Waals surface area contributed by atoms with E-state index in [2.05, 4.69) is 19.2 Å². The summed E-state index contributed by atoms with van der Waals surface area (Å²) in [4.78, 5) is 13.0. The van der Waals surface area contributed by atoms with E-state index in [9.17, 15) is 35.4 Å². The van der Waals surface area contributed by atoms with Crippen molar-refractivity contribution >= 4 is 5.91 Å². The molecule has 10 heteroatoms. The number of amides is 1. The molecule has 1 aliphatic rings. The van der Waals surface area contributed by atoms with Gasteiger partial charge in [-0.15, -0.1) is 0 Å². The van der Waals surface area contributed by atoms with Crippen molar-refractivity contribution in [1.29, 1.82) is 0 Å². The molecule has 0 aromatic heterocycles. The van der Waals surface area contributed by atoms with E-state index >= 15 is 0 Å². The third kappa shape index (κ3) is 30.0. The van der Waals surface area contributed by atoms with Crippen LogP contribution in [0.25, 0.3) is 0 Å². The van der Waals surface area contributed by atoms with Crippen LogP contribution in [-0.2, 0) is 14.3 Å². The third-order valence-corrected chi connectivity index (χ3v) is 12.6. The van der Waals surface area contributed by atoms with Crippen LogP contribution in [0, 0.1) is 0 Å². The lowest BCUT2D eigenvalue weighted by atomic mass is 9.98. The summed E-state index contributed by atoms with van der Waals surface area (Å²) in [5, 5.41) is 65.2. The fourth-order valence-electron chi connectivity index (χ4n) is 8.44. The molecule has 1 rings (SSSR count). The number of aliphatic hydroxyl groups is 6. The van der Waals surface area contributed by atoms with Gasteiger partial charge in [-0.25, -0.2) is 0 Å². The molecule has 1 amide bonds. The van der Waals surface area contributed by atoms with E-state index in [4.69, 9.17) is 9.47 Å². The molecule has 0 aromatic rings. The summed E-state index contributed by atoms with van der Waals surface area (Å²) in [5.74, 6) is -0.253. The average molecular weight is 844 g/mol. The van der Waals surface area contributed by atoms with E-state index in [1.54, 1.807) is 0 Å². The summed E-state index contributed by atoms with van der Waals surface area (Å²) in [5.41, 5.74) is 0. The number of hydrogen-bond acceptors (Lipinski definition) is 9. The maximum Gasteiger partial charge on any atom is 0.220 e. The first-order valence-corrected chi connectivity index (χ1v) is 25.3. The number of carbonyl (C=O) groups excluding carboxylic acids is 1. The molecule has 2 unspecified atom stereocenters. The average Bonchev–Trinajstić information content (AvgIpc) is 3.23. The minimum absolute atomic E-state index is 0.253. The molecule has 0 bridgehead atoms. The lowest BCUT2D eigenvalue weighted by molar-refractivity contribution is -0.303. The van der Waals surface area contributed by atoms with Crippen LogP contribution in [-0.4, -0.2) is 98.7 Å². The van der Waals surface area contributed by atoms with Gasteiger partial charge in [0.25, 0.3) is 0 Å². The largest absolute Gasteiger partial charge is 0.394 e. The lowest BCUT2D eigenvalue weighted by Gasteiger charge is -2.40. The van der Waals surface area contributed by atoms with Gasteiger partial charge in [0.2, 0.25) is 5.91 Å². The standard InChI is InChI=1S/C49H97NO9/c1-3-5-7-9-11-13-15-16-17-18-19-20-21-22-23-24-25-26-28-30-32-34-36-38-44(53)50-41(40-58-49-48(57)47(56)46(55)43(39-51)59-49)45(54)42(52)37-35-33-31-29-27-14-12-10-8-6-4-2/h41-43,45-49,51-52,54-57H,3-40H2,1-2H3,(H,50,53)/t41-,42?,43+,45?,46-,47-,48+,49-/m0/s1. The first-order valence-electron chi connectivity index (χ1n) is 25.3. The Hall–Kier alpha value is -0.850. The van der Waals surface area contributed by atoms with E-state index in [1.165, 1.54) is 173 Å². The van der Waals surface area contributed by atoms with E-state index in [0.29, 0.717) is 6.42 Å². The van der Waals surface area contributed by atoms with Gasteiger partial charge in [-0.3, -0.25) is 4.79 Å². The second-order valence-electron chi connectivity index (χ2n) is 18.1. The molecule has 0 aliphatic carbocycles. The molecule has 0 aromatic carbocycles. The molecule has 10 nitrogen and oxygen atoms in total. The minimum Gasteiger partial charge on any atom is -0.394 e. The van der Waals surface area contributed by atoms with Crippen LogP contribution in [0.3, 0.4) is 0 Å². The summed E-state index contributed by atoms with van der Waals surface area (Å²) < 4.78 is 11.2. The lowest BCUT2D eigenvalue weighted by Crippen LogP contribution is -2.60. The monoisotopic (exact) mass is 844 g/mol. The van der Waals surface area contributed by atoms with Crippen LogP contribution in [0.1, 0.15) is 245 Å². The van der Waals surface area contributed by atoms with Crippen molar-refractivity contribution in [1.82, 2.24) is 5.32 Å². The first-order chi connectivity index (χ1) is 28.8. The molecular weight excluding hydrogens is 747 g/mol. The highest BCUT2D eigenvalue weighted by Crippen LogP contribution is 2.23. The number of hydrogen-bond donors (Lipinski definition) is 7. The molecular formula is C49H97NO9. The van der Waals surface area contributed by atoms with Crippen molar-refractivity contribution in [2.24, 2.45) is 0 Å². The Morgan fingerprint density at radius 3 is 1.25 bits per heavy atom. The van der Waals surface area contributed by atoms with Crippen LogP contribution in [0.5, 0.6) is 0 Å². The highest BCUT2D eigenvalue weighted by Gasteiger charge is 2.44. The second kappa shape index (κ2) is 40.0. The van der Waals surface area contributed by atoms with Gasteiger partial charge in [0.15, 0.2) is 6.29 Å². The summed E-state index contributed by atoms with van der Waals surface area (Å²) in [6.45, 7) is 3.62. The van der Waals surface area contributed by atoms with Gasteiger partial charge in [0, 0.05) is 6.42 Å². The summed E-state index contributed by atoms with van der Waals surface area (Å²) in [6.07, 6.45) is 34.1. The molecule has 0 saturated carbocycles. The van der Waals surface area contributed by atoms with Crippen molar-refractivity contribution in [2.75, 3.05) is 13.2 Å². The van der Waals surface area contributed by atoms with Gasteiger partial charge < -0.3 is 45.4 Å². The zero-order valence-corrected chi connectivity index (χ0v) is 38.4. The molecule has 1 saturated heterocycles. The van der Waals surface area contributed by atoms with Crippen molar-refractivity contribution in [3.8, 4) is 0 Å². The molecule has 0 radical (unpaired) electrons. The van der Waals surface area contributed by atoms with Gasteiger partial charge in [-0.1, -0.05) is 226 Å². The predicted molar refractivity (Wildman–Crippen MR) is 241 cm³/mol. The van der Waals surface area contributed by atoms with Crippen molar-refractivity contribution in [3.05, 3.63) is 0 Å². The highest BCUT2D eigenvalue weighted by molar-refractivity contribution is 5.76. The van der Waals surface area contributed by atoms with Crippen LogP contribution < -0.4 is 5.32 Å². The van der Waals surface area contributed by atoms with E-state index in [1.807, 2.05) is 0 Å². The Bertz CT molecular complexity index is 911. The molecule has 1 heterocycles. The third-order valence-electron chi connectivity index (χ3n) is 12.6. The fourth-order valence-corrected chi connectivity index (χ4v) is 8.44. The number of carbonyl (C=O) groups is 1. The molecule has 7 N–H and O–H groups in total. The van der Waals surface area contributed by atoms with Crippen LogP contribution >= 0.6 is 0 Å². The molecule has 1 aliphatic heterocycles. The maximum atomic E-state index is 13.0. The molecule has 8 atom stereocenters. The summed E-state index contributed by atoms with van der Waals surface area (Å²) in [7, 11) is 0. The van der Waals surface area contributed by atoms with Crippen molar-refractivity contribution in [3.63, 3.8) is 0 Å². The predicted octanol–water partition coefficient (Wildman–Crippen LogP) is 10.1. The van der Waals surface area contributed by atoms with Gasteiger partial charge >= 0.3 is 0 Å². The molecule has 59 heavy (non-hydrogen) atoms. The number of rotatable bonds is 43. The topological polar surface area (TPSA) is 169 Å². The number of ether oxygens (including phenoxy) is 2. The Kier molecular flexibility index (Phi) is 38.0. The van der Waals surface area contributed by atoms with Crippen molar-refractivity contribution in [2.45, 2.75) is 294 Å². The minimum atomic E-state index is -1.60. The fraction of sp³-hybridized carbons (Fsp3) is 0.980. The molecule has 352 valence electrons. The molecule has 0 spiro atoms. The van der Waals surface area contributed by atoms with Crippen LogP contribution in [0.4, 0.5) is 0 Å². The van der Waals surface area contributed by atoms with E-state index < -0.39 is 55.6 Å². The van der Waals surface area contributed by atoms with Gasteiger partial charge in [-0.05, 0) is 12.8 Å². The van der Waals surface area contributed by atoms with Gasteiger partial charge in [-0.2, -0.15) is 0 Å². The van der Waals surface area contributed by atoms with E-state index in [0.717, 1.165) is 44.9 Å². The Labute approximate surface area is 362 Å². The zero-order valence-electron chi connectivity index (χ0n) is 38.4. The summed E-state index contributed by atoms with van der Waals surface area (Å²) in [6, 6.07) is -0.984. The zero-order chi connectivity index (χ0) is 43.2. The maximum absolute atomic E-state index is 13.0. The Morgan fingerprint density at radius 1 is 0.525 bits per heavy atom. The van der Waals surface area contributed by atoms with E-state index in [-0.39, 0.29) is 18.9 Å².